The Labute approximate surface area is 108 Å². The minimum absolute atomic E-state index is 0. The zero-order valence-electron chi connectivity index (χ0n) is 9.61. The van der Waals surface area contributed by atoms with E-state index in [0.29, 0.717) is 0 Å². The first-order valence-corrected chi connectivity index (χ1v) is 5.23. The molecule has 14 heavy (non-hydrogen) atoms. The smallest absolute Gasteiger partial charge is 1.00 e. The van der Waals surface area contributed by atoms with Gasteiger partial charge in [0.1, 0.15) is 0 Å². The van der Waals surface area contributed by atoms with E-state index in [4.69, 9.17) is 5.73 Å². The van der Waals surface area contributed by atoms with Crippen molar-refractivity contribution in [2.24, 2.45) is 11.7 Å². The molecule has 0 saturated carbocycles. The van der Waals surface area contributed by atoms with Crippen LogP contribution in [0.5, 0.6) is 0 Å². The van der Waals surface area contributed by atoms with Gasteiger partial charge in [0.25, 0.3) is 5.91 Å². The van der Waals surface area contributed by atoms with Gasteiger partial charge in [-0.1, -0.05) is 13.8 Å². The van der Waals surface area contributed by atoms with Crippen LogP contribution in [0.4, 0.5) is 0 Å². The van der Waals surface area contributed by atoms with Crippen molar-refractivity contribution in [2.45, 2.75) is 13.8 Å². The minimum atomic E-state index is -3.73. The third kappa shape index (κ3) is 7.37. The molecule has 0 aromatic rings. The number of amides is 1. The van der Waals surface area contributed by atoms with Gasteiger partial charge < -0.3 is 11.3 Å². The van der Waals surface area contributed by atoms with Gasteiger partial charge in [-0.3, -0.25) is 4.79 Å². The summed E-state index contributed by atoms with van der Waals surface area (Å²) in [5.41, 5.74) is 4.75. The Balaban J connectivity index is -0.000000720. The molecule has 0 saturated heterocycles. The molecule has 2 N–H and O–H groups in total. The van der Waals surface area contributed by atoms with Crippen molar-refractivity contribution in [3.8, 4) is 0 Å². The predicted octanol–water partition coefficient (Wildman–Crippen LogP) is -2.90. The van der Waals surface area contributed by atoms with Crippen molar-refractivity contribution < 1.29 is 48.4 Å². The van der Waals surface area contributed by atoms with Crippen molar-refractivity contribution in [1.29, 1.82) is 0 Å². The average Bonchev–Trinajstić information content (AvgIpc) is 1.81. The average molecular weight is 231 g/mol. The Morgan fingerprint density at radius 1 is 1.57 bits per heavy atom. The SMILES string of the molecule is C=C(OS(=O)(=O)CC(C)C)C(N)=O.[H-].[Na+]. The number of rotatable bonds is 5. The second kappa shape index (κ2) is 6.44. The summed E-state index contributed by atoms with van der Waals surface area (Å²) in [6, 6.07) is 0. The fraction of sp³-hybridized carbons (Fsp3) is 0.571. The van der Waals surface area contributed by atoms with Crippen LogP contribution in [0.25, 0.3) is 0 Å². The summed E-state index contributed by atoms with van der Waals surface area (Å²) in [4.78, 5) is 10.4. The van der Waals surface area contributed by atoms with Crippen molar-refractivity contribution in [2.75, 3.05) is 5.75 Å². The normalized spacial score (nSPS) is 10.5. The predicted molar refractivity (Wildman–Crippen MR) is 49.2 cm³/mol. The second-order valence-corrected chi connectivity index (χ2v) is 4.60. The largest absolute Gasteiger partial charge is 1.00 e. The molecule has 0 aromatic heterocycles. The van der Waals surface area contributed by atoms with Gasteiger partial charge in [0, 0.05) is 0 Å². The Hall–Kier alpha value is -0.0400. The topological polar surface area (TPSA) is 86.5 Å². The summed E-state index contributed by atoms with van der Waals surface area (Å²) >= 11 is 0. The summed E-state index contributed by atoms with van der Waals surface area (Å²) in [5, 5.41) is 0. The molecule has 0 aliphatic carbocycles. The number of primary amides is 1. The van der Waals surface area contributed by atoms with Gasteiger partial charge in [0.05, 0.1) is 5.75 Å². The molecule has 0 aliphatic heterocycles. The number of hydrogen-bond acceptors (Lipinski definition) is 4. The van der Waals surface area contributed by atoms with E-state index in [-0.39, 0.29) is 42.7 Å². The molecule has 7 heteroatoms. The van der Waals surface area contributed by atoms with Crippen LogP contribution in [-0.2, 0) is 19.1 Å². The number of carbonyl (C=O) groups is 1. The minimum Gasteiger partial charge on any atom is -1.00 e. The molecule has 0 bridgehead atoms. The molecule has 0 aliphatic rings. The molecule has 1 amide bonds. The van der Waals surface area contributed by atoms with E-state index >= 15 is 0 Å². The van der Waals surface area contributed by atoms with Crippen molar-refractivity contribution >= 4 is 16.0 Å². The zero-order chi connectivity index (χ0) is 10.6. The van der Waals surface area contributed by atoms with Crippen LogP contribution >= 0.6 is 0 Å². The first kappa shape index (κ1) is 16.4. The van der Waals surface area contributed by atoms with Gasteiger partial charge in [-0.2, -0.15) is 8.42 Å². The quantitative estimate of drug-likeness (QED) is 0.238. The van der Waals surface area contributed by atoms with Crippen LogP contribution in [0.3, 0.4) is 0 Å². The Morgan fingerprint density at radius 3 is 2.29 bits per heavy atom. The van der Waals surface area contributed by atoms with Gasteiger partial charge in [-0.05, 0) is 12.5 Å². The second-order valence-electron chi connectivity index (χ2n) is 2.99. The fourth-order valence-corrected chi connectivity index (χ4v) is 1.91. The summed E-state index contributed by atoms with van der Waals surface area (Å²) in [7, 11) is -3.73. The first-order valence-electron chi connectivity index (χ1n) is 3.65. The van der Waals surface area contributed by atoms with Crippen LogP contribution in [0.2, 0.25) is 0 Å². The monoisotopic (exact) mass is 231 g/mol. The number of nitrogens with two attached hydrogens (primary N) is 1. The van der Waals surface area contributed by atoms with Crippen molar-refractivity contribution in [3.05, 3.63) is 12.3 Å². The van der Waals surface area contributed by atoms with Crippen LogP contribution in [0, 0.1) is 5.92 Å². The Bertz CT molecular complexity index is 315. The first-order chi connectivity index (χ1) is 5.74. The molecule has 0 fully saturated rings. The van der Waals surface area contributed by atoms with Crippen LogP contribution < -0.4 is 35.3 Å². The summed E-state index contributed by atoms with van der Waals surface area (Å²) in [6.45, 7) is 6.50. The van der Waals surface area contributed by atoms with Crippen molar-refractivity contribution in [3.63, 3.8) is 0 Å². The Kier molecular flexibility index (Phi) is 7.55. The molecule has 0 rings (SSSR count). The van der Waals surface area contributed by atoms with Gasteiger partial charge in [-0.15, -0.1) is 0 Å². The summed E-state index contributed by atoms with van der Waals surface area (Å²) in [6.07, 6.45) is 0. The third-order valence-corrected chi connectivity index (χ3v) is 2.57. The molecule has 0 aromatic carbocycles. The van der Waals surface area contributed by atoms with Gasteiger partial charge in [0.2, 0.25) is 0 Å². The molecule has 0 atom stereocenters. The number of carbonyl (C=O) groups excluding carboxylic acids is 1. The van der Waals surface area contributed by atoms with Crippen LogP contribution in [0.1, 0.15) is 15.3 Å². The molecular weight excluding hydrogens is 217 g/mol. The van der Waals surface area contributed by atoms with Gasteiger partial charge in [0.15, 0.2) is 5.76 Å². The standard InChI is InChI=1S/C7H13NO4S.Na.H/c1-5(2)4-13(10,11)12-6(3)7(8)9;;/h5H,3-4H2,1-2H3,(H2,8,9);;/q;+1;-1. The van der Waals surface area contributed by atoms with Gasteiger partial charge in [-0.25, -0.2) is 0 Å². The summed E-state index contributed by atoms with van der Waals surface area (Å²) < 4.78 is 26.4. The maximum atomic E-state index is 11.1. The van der Waals surface area contributed by atoms with E-state index in [2.05, 4.69) is 10.8 Å². The molecule has 0 spiro atoms. The van der Waals surface area contributed by atoms with Gasteiger partial charge >= 0.3 is 39.7 Å². The van der Waals surface area contributed by atoms with E-state index in [1.165, 1.54) is 0 Å². The van der Waals surface area contributed by atoms with E-state index < -0.39 is 21.8 Å². The van der Waals surface area contributed by atoms with Crippen molar-refractivity contribution in [1.82, 2.24) is 0 Å². The number of hydrogen-bond donors (Lipinski definition) is 1. The molecule has 0 unspecified atom stereocenters. The molecule has 78 valence electrons. The maximum Gasteiger partial charge on any atom is 1.00 e. The fourth-order valence-electron chi connectivity index (χ4n) is 0.637. The van der Waals surface area contributed by atoms with E-state index in [0.717, 1.165) is 0 Å². The van der Waals surface area contributed by atoms with Crippen LogP contribution in [-0.4, -0.2) is 20.1 Å². The summed E-state index contributed by atoms with van der Waals surface area (Å²) in [5.74, 6) is -1.78. The molecule has 5 nitrogen and oxygen atoms in total. The third-order valence-electron chi connectivity index (χ3n) is 1.04. The van der Waals surface area contributed by atoms with E-state index in [1.807, 2.05) is 0 Å². The molecule has 0 radical (unpaired) electrons. The van der Waals surface area contributed by atoms with E-state index in [1.54, 1.807) is 13.8 Å². The van der Waals surface area contributed by atoms with E-state index in [9.17, 15) is 13.2 Å². The molecule has 0 heterocycles. The zero-order valence-corrected chi connectivity index (χ0v) is 11.4. The maximum absolute atomic E-state index is 11.1. The van der Waals surface area contributed by atoms with Crippen LogP contribution in [0.15, 0.2) is 12.3 Å². The Morgan fingerprint density at radius 2 is 2.00 bits per heavy atom. The molecular formula is C7H14NNaO4S.